The lowest BCUT2D eigenvalue weighted by Crippen LogP contribution is -2.52. The molecule has 0 aliphatic heterocycles. The summed E-state index contributed by atoms with van der Waals surface area (Å²) in [7, 11) is 0. The molecule has 36 heavy (non-hydrogen) atoms. The molecule has 2 aliphatic rings. The Morgan fingerprint density at radius 3 is 2.36 bits per heavy atom. The Labute approximate surface area is 206 Å². The van der Waals surface area contributed by atoms with E-state index >= 15 is 0 Å². The number of ether oxygens (including phenoxy) is 1. The smallest absolute Gasteiger partial charge is 0.410 e. The Hall–Kier alpha value is -2.47. The molecular weight excluding hydrogens is 489 g/mol. The summed E-state index contributed by atoms with van der Waals surface area (Å²) in [5.41, 5.74) is 0. The molecule has 0 radical (unpaired) electrons. The molecule has 12 heteroatoms. The molecule has 1 aromatic carbocycles. The maximum Gasteiger partial charge on any atom is 0.410 e. The molecule has 0 spiro atoms. The predicted octanol–water partition coefficient (Wildman–Crippen LogP) is 3.12. The SMILES string of the molecule is O=C(CCC(O)CNC(=O)[C@H](CC(F)(F)CC1CC1)NCC(F)(F)Oc1ccc(F)cc1)NC1CC1. The Morgan fingerprint density at radius 1 is 1.08 bits per heavy atom. The van der Waals surface area contributed by atoms with Crippen molar-refractivity contribution in [3.05, 3.63) is 30.1 Å². The number of amides is 2. The minimum absolute atomic E-state index is 0.0294. The minimum atomic E-state index is -3.88. The van der Waals surface area contributed by atoms with Crippen LogP contribution in [-0.4, -0.2) is 60.2 Å². The molecule has 7 nitrogen and oxygen atoms in total. The van der Waals surface area contributed by atoms with E-state index in [-0.39, 0.29) is 43.0 Å². The monoisotopic (exact) mass is 521 g/mol. The van der Waals surface area contributed by atoms with Crippen LogP contribution in [0.1, 0.15) is 51.4 Å². The van der Waals surface area contributed by atoms with Gasteiger partial charge in [-0.05, 0) is 62.3 Å². The van der Waals surface area contributed by atoms with Crippen LogP contribution in [0.4, 0.5) is 22.0 Å². The van der Waals surface area contributed by atoms with Gasteiger partial charge < -0.3 is 20.5 Å². The summed E-state index contributed by atoms with van der Waals surface area (Å²) < 4.78 is 75.0. The molecular formula is C24H32F5N3O4. The van der Waals surface area contributed by atoms with Crippen molar-refractivity contribution in [3.8, 4) is 5.75 Å². The standard InChI is InChI=1S/C24H32F5N3O4/c25-16-3-8-19(9-4-16)36-24(28,29)14-31-20(12-23(26,27)11-15-1-2-15)22(35)30-13-18(33)7-10-21(34)32-17-5-6-17/h3-4,8-9,15,17-18,20,31,33H,1-2,5-7,10-14H2,(H,30,35)(H,32,34)/t18?,20-/m0/s1. The molecule has 0 saturated heterocycles. The van der Waals surface area contributed by atoms with Gasteiger partial charge >= 0.3 is 6.11 Å². The lowest BCUT2D eigenvalue weighted by Gasteiger charge is -2.26. The summed E-state index contributed by atoms with van der Waals surface area (Å²) in [6.07, 6.45) is -3.24. The summed E-state index contributed by atoms with van der Waals surface area (Å²) in [4.78, 5) is 24.3. The highest BCUT2D eigenvalue weighted by atomic mass is 19.3. The van der Waals surface area contributed by atoms with Gasteiger partial charge in [-0.1, -0.05) is 0 Å². The van der Waals surface area contributed by atoms with Crippen LogP contribution in [0.5, 0.6) is 5.75 Å². The number of hydrogen-bond donors (Lipinski definition) is 4. The summed E-state index contributed by atoms with van der Waals surface area (Å²) >= 11 is 0. The number of aliphatic hydroxyl groups is 1. The number of carbonyl (C=O) groups excluding carboxylic acids is 2. The molecule has 2 atom stereocenters. The van der Waals surface area contributed by atoms with Gasteiger partial charge in [0.25, 0.3) is 0 Å². The average molecular weight is 522 g/mol. The third-order valence-electron chi connectivity index (χ3n) is 5.90. The molecule has 1 aromatic rings. The molecule has 3 rings (SSSR count). The Bertz CT molecular complexity index is 879. The van der Waals surface area contributed by atoms with Crippen LogP contribution in [0.3, 0.4) is 0 Å². The molecule has 0 heterocycles. The van der Waals surface area contributed by atoms with Crippen LogP contribution < -0.4 is 20.7 Å². The van der Waals surface area contributed by atoms with Crippen LogP contribution in [0, 0.1) is 11.7 Å². The molecule has 0 bridgehead atoms. The van der Waals surface area contributed by atoms with E-state index in [9.17, 15) is 36.6 Å². The van der Waals surface area contributed by atoms with E-state index in [1.165, 1.54) is 0 Å². The third-order valence-corrected chi connectivity index (χ3v) is 5.90. The highest BCUT2D eigenvalue weighted by Crippen LogP contribution is 2.41. The van der Waals surface area contributed by atoms with Crippen molar-refractivity contribution in [2.45, 2.75) is 81.6 Å². The molecule has 2 amide bonds. The lowest BCUT2D eigenvalue weighted by atomic mass is 10.0. The third kappa shape index (κ3) is 10.7. The van der Waals surface area contributed by atoms with Gasteiger partial charge in [-0.15, -0.1) is 0 Å². The number of aliphatic hydroxyl groups excluding tert-OH is 1. The second-order valence-corrected chi connectivity index (χ2v) is 9.61. The number of benzene rings is 1. The van der Waals surface area contributed by atoms with E-state index in [1.807, 2.05) is 0 Å². The average Bonchev–Trinajstić information content (AvgIpc) is 3.73. The molecule has 4 N–H and O–H groups in total. The van der Waals surface area contributed by atoms with Gasteiger partial charge in [0.05, 0.1) is 12.1 Å². The highest BCUT2D eigenvalue weighted by molar-refractivity contribution is 5.82. The number of alkyl halides is 4. The van der Waals surface area contributed by atoms with E-state index in [0.29, 0.717) is 12.8 Å². The van der Waals surface area contributed by atoms with Crippen molar-refractivity contribution < 1.29 is 41.4 Å². The highest BCUT2D eigenvalue weighted by Gasteiger charge is 2.42. The van der Waals surface area contributed by atoms with E-state index in [0.717, 1.165) is 37.1 Å². The van der Waals surface area contributed by atoms with Gasteiger partial charge in [0.1, 0.15) is 18.1 Å². The molecule has 1 unspecified atom stereocenters. The van der Waals surface area contributed by atoms with E-state index in [4.69, 9.17) is 0 Å². The van der Waals surface area contributed by atoms with Crippen molar-refractivity contribution in [2.75, 3.05) is 13.1 Å². The van der Waals surface area contributed by atoms with E-state index in [1.54, 1.807) is 0 Å². The quantitative estimate of drug-likeness (QED) is 0.251. The van der Waals surface area contributed by atoms with E-state index < -0.39 is 55.3 Å². The summed E-state index contributed by atoms with van der Waals surface area (Å²) in [5, 5.41) is 17.3. The van der Waals surface area contributed by atoms with Crippen molar-refractivity contribution in [1.82, 2.24) is 16.0 Å². The molecule has 2 fully saturated rings. The number of halogens is 5. The maximum atomic E-state index is 14.5. The van der Waals surface area contributed by atoms with E-state index in [2.05, 4.69) is 20.7 Å². The van der Waals surface area contributed by atoms with Crippen LogP contribution in [0.25, 0.3) is 0 Å². The minimum Gasteiger partial charge on any atom is -0.432 e. The van der Waals surface area contributed by atoms with Gasteiger partial charge in [-0.25, -0.2) is 13.2 Å². The van der Waals surface area contributed by atoms with Gasteiger partial charge in [-0.2, -0.15) is 8.78 Å². The first-order chi connectivity index (χ1) is 16.9. The topological polar surface area (TPSA) is 99.7 Å². The second kappa shape index (κ2) is 12.2. The summed E-state index contributed by atoms with van der Waals surface area (Å²) in [6.45, 7) is -1.59. The van der Waals surface area contributed by atoms with Crippen LogP contribution in [0.15, 0.2) is 24.3 Å². The van der Waals surface area contributed by atoms with Gasteiger partial charge in [0.15, 0.2) is 0 Å². The Morgan fingerprint density at radius 2 is 1.75 bits per heavy atom. The fourth-order valence-corrected chi connectivity index (χ4v) is 3.61. The lowest BCUT2D eigenvalue weighted by molar-refractivity contribution is -0.174. The number of rotatable bonds is 16. The number of carbonyl (C=O) groups is 2. The number of hydrogen-bond acceptors (Lipinski definition) is 5. The van der Waals surface area contributed by atoms with Crippen molar-refractivity contribution in [2.24, 2.45) is 5.92 Å². The van der Waals surface area contributed by atoms with Crippen molar-refractivity contribution >= 4 is 11.8 Å². The Balaban J connectivity index is 1.52. The van der Waals surface area contributed by atoms with Crippen LogP contribution in [0.2, 0.25) is 0 Å². The zero-order chi connectivity index (χ0) is 26.3. The fourth-order valence-electron chi connectivity index (χ4n) is 3.61. The fraction of sp³-hybridized carbons (Fsp3) is 0.667. The molecule has 202 valence electrons. The van der Waals surface area contributed by atoms with Crippen molar-refractivity contribution in [3.63, 3.8) is 0 Å². The van der Waals surface area contributed by atoms with Crippen LogP contribution in [-0.2, 0) is 9.59 Å². The van der Waals surface area contributed by atoms with Gasteiger partial charge in [0, 0.05) is 31.8 Å². The number of nitrogens with one attached hydrogen (secondary N) is 3. The first-order valence-electron chi connectivity index (χ1n) is 12.1. The molecule has 0 aromatic heterocycles. The zero-order valence-electron chi connectivity index (χ0n) is 19.8. The predicted molar refractivity (Wildman–Crippen MR) is 120 cm³/mol. The largest absolute Gasteiger partial charge is 0.432 e. The van der Waals surface area contributed by atoms with Crippen molar-refractivity contribution in [1.29, 1.82) is 0 Å². The second-order valence-electron chi connectivity index (χ2n) is 9.61. The molecule has 2 aliphatic carbocycles. The van der Waals surface area contributed by atoms with Gasteiger partial charge in [0.2, 0.25) is 17.7 Å². The first kappa shape index (κ1) is 28.1. The van der Waals surface area contributed by atoms with Gasteiger partial charge in [-0.3, -0.25) is 14.9 Å². The summed E-state index contributed by atoms with van der Waals surface area (Å²) in [6, 6.07) is 2.31. The molecule has 2 saturated carbocycles. The maximum absolute atomic E-state index is 14.5. The van der Waals surface area contributed by atoms with Crippen LogP contribution >= 0.6 is 0 Å². The zero-order valence-corrected chi connectivity index (χ0v) is 19.8. The first-order valence-corrected chi connectivity index (χ1v) is 12.1. The summed E-state index contributed by atoms with van der Waals surface area (Å²) in [5.74, 6) is -5.62. The Kier molecular flexibility index (Phi) is 9.51. The normalized spacial score (nSPS) is 17.8.